The van der Waals surface area contributed by atoms with Crippen LogP contribution in [0.4, 0.5) is 0 Å². The van der Waals surface area contributed by atoms with Crippen molar-refractivity contribution >= 4 is 16.8 Å². The van der Waals surface area contributed by atoms with E-state index < -0.39 is 0 Å². The third-order valence-electron chi connectivity index (χ3n) is 5.17. The van der Waals surface area contributed by atoms with Crippen LogP contribution in [0.25, 0.3) is 10.9 Å². The number of para-hydroxylation sites is 1. The first kappa shape index (κ1) is 16.8. The van der Waals surface area contributed by atoms with Crippen molar-refractivity contribution in [2.45, 2.75) is 25.0 Å². The molecule has 0 radical (unpaired) electrons. The van der Waals surface area contributed by atoms with Gasteiger partial charge in [0.05, 0.1) is 17.7 Å². The van der Waals surface area contributed by atoms with Gasteiger partial charge in [-0.15, -0.1) is 5.10 Å². The number of hydrogen-bond donors (Lipinski definition) is 0. The van der Waals surface area contributed by atoms with E-state index in [0.29, 0.717) is 26.1 Å². The van der Waals surface area contributed by atoms with Gasteiger partial charge in [-0.1, -0.05) is 23.4 Å². The van der Waals surface area contributed by atoms with E-state index in [-0.39, 0.29) is 17.9 Å². The Morgan fingerprint density at radius 3 is 2.88 bits per heavy atom. The van der Waals surface area contributed by atoms with E-state index in [1.54, 1.807) is 11.8 Å². The van der Waals surface area contributed by atoms with Crippen LogP contribution in [0.15, 0.2) is 42.7 Å². The number of carbonyl (C=O) groups excluding carboxylic acids is 1. The molecule has 0 spiro atoms. The van der Waals surface area contributed by atoms with E-state index in [1.165, 1.54) is 5.39 Å². The summed E-state index contributed by atoms with van der Waals surface area (Å²) in [7, 11) is 3.53. The fraction of sp³-hybridized carbons (Fsp3) is 0.421. The highest BCUT2D eigenvalue weighted by atomic mass is 16.5. The second-order valence-corrected chi connectivity index (χ2v) is 6.81. The molecule has 0 bridgehead atoms. The zero-order valence-electron chi connectivity index (χ0n) is 15.1. The number of aromatic nitrogens is 4. The number of nitrogens with zero attached hydrogens (tertiary/aromatic N) is 5. The van der Waals surface area contributed by atoms with Crippen LogP contribution in [0.5, 0.6) is 0 Å². The summed E-state index contributed by atoms with van der Waals surface area (Å²) in [4.78, 5) is 14.6. The summed E-state index contributed by atoms with van der Waals surface area (Å²) in [5, 5.41) is 9.40. The normalized spacial score (nSPS) is 20.2. The van der Waals surface area contributed by atoms with Crippen molar-refractivity contribution in [3.8, 4) is 0 Å². The number of amides is 1. The third-order valence-corrected chi connectivity index (χ3v) is 5.17. The fourth-order valence-electron chi connectivity index (χ4n) is 3.75. The number of aryl methyl sites for hydroxylation is 2. The van der Waals surface area contributed by atoms with Crippen LogP contribution in [0.1, 0.15) is 18.0 Å². The van der Waals surface area contributed by atoms with Crippen LogP contribution in [-0.4, -0.2) is 56.7 Å². The molecule has 1 aromatic carbocycles. The van der Waals surface area contributed by atoms with Gasteiger partial charge in [-0.25, -0.2) is 0 Å². The first-order valence-corrected chi connectivity index (χ1v) is 8.86. The highest BCUT2D eigenvalue weighted by Crippen LogP contribution is 2.28. The first-order valence-electron chi connectivity index (χ1n) is 8.86. The highest BCUT2D eigenvalue weighted by molar-refractivity contribution is 5.80. The van der Waals surface area contributed by atoms with Gasteiger partial charge in [0.2, 0.25) is 5.91 Å². The molecule has 0 N–H and O–H groups in total. The minimum atomic E-state index is -0.0388. The Bertz CT molecular complexity index is 915. The monoisotopic (exact) mass is 353 g/mol. The lowest BCUT2D eigenvalue weighted by Crippen LogP contribution is -2.30. The number of likely N-dealkylation sites (tertiary alicyclic amines) is 1. The molecule has 3 heterocycles. The van der Waals surface area contributed by atoms with Crippen LogP contribution in [0.2, 0.25) is 0 Å². The molecule has 3 aromatic rings. The van der Waals surface area contributed by atoms with Crippen molar-refractivity contribution in [3.05, 3.63) is 48.4 Å². The van der Waals surface area contributed by atoms with Gasteiger partial charge in [0, 0.05) is 58.1 Å². The Morgan fingerprint density at radius 1 is 1.27 bits per heavy atom. The van der Waals surface area contributed by atoms with E-state index in [4.69, 9.17) is 4.74 Å². The molecule has 1 fully saturated rings. The van der Waals surface area contributed by atoms with E-state index in [0.717, 1.165) is 11.2 Å². The summed E-state index contributed by atoms with van der Waals surface area (Å²) < 4.78 is 9.42. The predicted molar refractivity (Wildman–Crippen MR) is 97.7 cm³/mol. The smallest absolute Gasteiger partial charge is 0.224 e. The maximum absolute atomic E-state index is 12.7. The molecule has 4 rings (SSSR count). The molecule has 1 aliphatic heterocycles. The second-order valence-electron chi connectivity index (χ2n) is 6.81. The van der Waals surface area contributed by atoms with E-state index in [1.807, 2.05) is 36.5 Å². The SMILES string of the molecule is CO[C@@H]1CN(C(=O)CCn2ccc3ccccc32)C[C@H]1c1cn(C)nn1. The molecule has 136 valence electrons. The fourth-order valence-corrected chi connectivity index (χ4v) is 3.75. The van der Waals surface area contributed by atoms with Gasteiger partial charge >= 0.3 is 0 Å². The van der Waals surface area contributed by atoms with Gasteiger partial charge in [-0.2, -0.15) is 0 Å². The van der Waals surface area contributed by atoms with Crippen molar-refractivity contribution in [3.63, 3.8) is 0 Å². The van der Waals surface area contributed by atoms with Gasteiger partial charge in [0.25, 0.3) is 0 Å². The largest absolute Gasteiger partial charge is 0.379 e. The molecule has 1 aliphatic rings. The average Bonchev–Trinajstić information content (AvgIpc) is 3.37. The minimum Gasteiger partial charge on any atom is -0.379 e. The van der Waals surface area contributed by atoms with Gasteiger partial charge in [0.1, 0.15) is 0 Å². The standard InChI is InChI=1S/C19H23N5O2/c1-22-12-16(20-21-22)15-11-24(13-18(15)26-2)19(25)8-10-23-9-7-14-5-3-4-6-17(14)23/h3-7,9,12,15,18H,8,10-11,13H2,1-2H3/t15-,18+/m0/s1. The number of ether oxygens (including phenoxy) is 1. The molecule has 1 amide bonds. The molecule has 0 unspecified atom stereocenters. The lowest BCUT2D eigenvalue weighted by atomic mass is 10.0. The van der Waals surface area contributed by atoms with Crippen molar-refractivity contribution in [1.29, 1.82) is 0 Å². The first-order chi connectivity index (χ1) is 12.7. The number of rotatable bonds is 5. The van der Waals surface area contributed by atoms with Crippen LogP contribution in [0.3, 0.4) is 0 Å². The zero-order valence-corrected chi connectivity index (χ0v) is 15.1. The number of fused-ring (bicyclic) bond motifs is 1. The lowest BCUT2D eigenvalue weighted by molar-refractivity contribution is -0.130. The molecule has 2 atom stereocenters. The molecule has 2 aromatic heterocycles. The Balaban J connectivity index is 1.42. The van der Waals surface area contributed by atoms with Gasteiger partial charge in [0.15, 0.2) is 0 Å². The molecular weight excluding hydrogens is 330 g/mol. The summed E-state index contributed by atoms with van der Waals surface area (Å²) in [6, 6.07) is 10.3. The summed E-state index contributed by atoms with van der Waals surface area (Å²) in [5.41, 5.74) is 2.04. The molecule has 7 heteroatoms. The quantitative estimate of drug-likeness (QED) is 0.702. The zero-order chi connectivity index (χ0) is 18.1. The summed E-state index contributed by atoms with van der Waals surface area (Å²) in [6.45, 7) is 1.90. The summed E-state index contributed by atoms with van der Waals surface area (Å²) in [5.74, 6) is 0.223. The molecule has 0 saturated carbocycles. The van der Waals surface area contributed by atoms with Crippen molar-refractivity contribution in [2.24, 2.45) is 7.05 Å². The predicted octanol–water partition coefficient (Wildman–Crippen LogP) is 1.80. The van der Waals surface area contributed by atoms with Crippen molar-refractivity contribution in [1.82, 2.24) is 24.5 Å². The number of hydrogen-bond acceptors (Lipinski definition) is 4. The van der Waals surface area contributed by atoms with E-state index in [2.05, 4.69) is 33.1 Å². The molecule has 26 heavy (non-hydrogen) atoms. The van der Waals surface area contributed by atoms with Crippen LogP contribution >= 0.6 is 0 Å². The minimum absolute atomic E-state index is 0.0388. The van der Waals surface area contributed by atoms with Crippen molar-refractivity contribution in [2.75, 3.05) is 20.2 Å². The number of carbonyl (C=O) groups is 1. The van der Waals surface area contributed by atoms with E-state index >= 15 is 0 Å². The Labute approximate surface area is 152 Å². The summed E-state index contributed by atoms with van der Waals surface area (Å²) >= 11 is 0. The summed E-state index contributed by atoms with van der Waals surface area (Å²) in [6.07, 6.45) is 4.38. The second kappa shape index (κ2) is 6.92. The topological polar surface area (TPSA) is 65.2 Å². The molecule has 0 aliphatic carbocycles. The van der Waals surface area contributed by atoms with E-state index in [9.17, 15) is 4.79 Å². The maximum atomic E-state index is 12.7. The van der Waals surface area contributed by atoms with Crippen LogP contribution < -0.4 is 0 Å². The lowest BCUT2D eigenvalue weighted by Gasteiger charge is -2.16. The van der Waals surface area contributed by atoms with Crippen LogP contribution in [-0.2, 0) is 23.1 Å². The number of methoxy groups -OCH3 is 1. The Hall–Kier alpha value is -2.67. The van der Waals surface area contributed by atoms with Gasteiger partial charge in [-0.05, 0) is 17.5 Å². The van der Waals surface area contributed by atoms with Gasteiger partial charge in [-0.3, -0.25) is 9.48 Å². The van der Waals surface area contributed by atoms with Crippen LogP contribution in [0, 0.1) is 0 Å². The van der Waals surface area contributed by atoms with Gasteiger partial charge < -0.3 is 14.2 Å². The Morgan fingerprint density at radius 2 is 2.12 bits per heavy atom. The number of benzene rings is 1. The molecule has 7 nitrogen and oxygen atoms in total. The molecule has 1 saturated heterocycles. The highest BCUT2D eigenvalue weighted by Gasteiger charge is 2.37. The third kappa shape index (κ3) is 3.10. The average molecular weight is 353 g/mol. The maximum Gasteiger partial charge on any atom is 0.224 e. The van der Waals surface area contributed by atoms with Crippen molar-refractivity contribution < 1.29 is 9.53 Å². The Kier molecular flexibility index (Phi) is 4.46. The molecular formula is C19H23N5O2.